The maximum Gasteiger partial charge on any atom is 0.304 e. The molecule has 1 aromatic rings. The average Bonchev–Trinajstić information content (AvgIpc) is 2.32. The van der Waals surface area contributed by atoms with Gasteiger partial charge < -0.3 is 4.74 Å². The first-order valence-electron chi connectivity index (χ1n) is 5.43. The van der Waals surface area contributed by atoms with Crippen molar-refractivity contribution in [2.45, 2.75) is 26.6 Å². The van der Waals surface area contributed by atoms with E-state index in [1.165, 1.54) is 31.9 Å². The molecule has 1 aromatic carbocycles. The lowest BCUT2D eigenvalue weighted by Gasteiger charge is -2.14. The van der Waals surface area contributed by atoms with Gasteiger partial charge in [-0.1, -0.05) is 0 Å². The van der Waals surface area contributed by atoms with Crippen LogP contribution in [-0.2, 0) is 9.59 Å². The lowest BCUT2D eigenvalue weighted by molar-refractivity contribution is -0.106. The first-order chi connectivity index (χ1) is 9.27. The summed E-state index contributed by atoms with van der Waals surface area (Å²) in [5.74, 6) is 1.29. The van der Waals surface area contributed by atoms with Gasteiger partial charge in [0.1, 0.15) is 17.3 Å². The fourth-order valence-corrected chi connectivity index (χ4v) is 1.89. The van der Waals surface area contributed by atoms with E-state index in [1.54, 1.807) is 0 Å². The molecule has 1 unspecified atom stereocenters. The smallest absolute Gasteiger partial charge is 0.304 e. The Bertz CT molecular complexity index is 557. The molecule has 20 heavy (non-hydrogen) atoms. The summed E-state index contributed by atoms with van der Waals surface area (Å²) < 4.78 is 41.4. The molecule has 1 atom stereocenters. The number of carbonyl (C=O) groups excluding carboxylic acids is 2. The molecule has 1 rings (SSSR count). The number of aryl methyl sites for hydroxylation is 2. The molecule has 0 amide bonds. The standard InChI is InChI=1S/C13H10ClF3O3/c1-6-3-8(20-13(17)12(15)16)4-7(2)10(6)9(5-18)11(14)19/h3-4,12-13H,1-2H3. The highest BCUT2D eigenvalue weighted by atomic mass is 35.5. The minimum absolute atomic E-state index is 0.135. The molecule has 0 fully saturated rings. The van der Waals surface area contributed by atoms with Crippen LogP contribution in [0.1, 0.15) is 16.7 Å². The van der Waals surface area contributed by atoms with E-state index in [0.717, 1.165) is 0 Å². The zero-order valence-corrected chi connectivity index (χ0v) is 11.3. The zero-order valence-electron chi connectivity index (χ0n) is 10.5. The second kappa shape index (κ2) is 6.59. The zero-order chi connectivity index (χ0) is 15.4. The predicted octanol–water partition coefficient (Wildman–Crippen LogP) is 3.22. The highest BCUT2D eigenvalue weighted by Crippen LogP contribution is 2.29. The van der Waals surface area contributed by atoms with Crippen molar-refractivity contribution in [3.8, 4) is 5.75 Å². The molecule has 3 nitrogen and oxygen atoms in total. The van der Waals surface area contributed by atoms with Crippen LogP contribution in [0.2, 0.25) is 0 Å². The minimum atomic E-state index is -3.27. The van der Waals surface area contributed by atoms with E-state index in [0.29, 0.717) is 11.1 Å². The number of halogens is 4. The van der Waals surface area contributed by atoms with Gasteiger partial charge in [0, 0.05) is 5.56 Å². The first kappa shape index (κ1) is 16.3. The maximum absolute atomic E-state index is 12.8. The maximum atomic E-state index is 12.8. The van der Waals surface area contributed by atoms with E-state index in [9.17, 15) is 22.8 Å². The SMILES string of the molecule is Cc1cc(OC(F)C(F)F)cc(C)c1C(=C=O)C(=O)Cl. The van der Waals surface area contributed by atoms with Crippen LogP contribution >= 0.6 is 11.6 Å². The van der Waals surface area contributed by atoms with Crippen LogP contribution in [0.4, 0.5) is 13.2 Å². The van der Waals surface area contributed by atoms with Crippen LogP contribution in [0.15, 0.2) is 12.1 Å². The third-order valence-corrected chi connectivity index (χ3v) is 2.69. The summed E-state index contributed by atoms with van der Waals surface area (Å²) in [6, 6.07) is 2.46. The van der Waals surface area contributed by atoms with Gasteiger partial charge in [-0.2, -0.15) is 4.39 Å². The summed E-state index contributed by atoms with van der Waals surface area (Å²) >= 11 is 5.26. The second-order valence-corrected chi connectivity index (χ2v) is 4.33. The van der Waals surface area contributed by atoms with Crippen molar-refractivity contribution in [3.63, 3.8) is 0 Å². The normalized spacial score (nSPS) is 11.9. The molecule has 0 spiro atoms. The van der Waals surface area contributed by atoms with Crippen molar-refractivity contribution in [2.24, 2.45) is 0 Å². The monoisotopic (exact) mass is 306 g/mol. The number of hydrogen-bond acceptors (Lipinski definition) is 3. The van der Waals surface area contributed by atoms with E-state index < -0.39 is 18.0 Å². The van der Waals surface area contributed by atoms with Gasteiger partial charge in [-0.25, -0.2) is 13.6 Å². The van der Waals surface area contributed by atoms with Gasteiger partial charge in [0.15, 0.2) is 0 Å². The van der Waals surface area contributed by atoms with Crippen molar-refractivity contribution in [1.29, 1.82) is 0 Å². The van der Waals surface area contributed by atoms with Crippen LogP contribution in [-0.4, -0.2) is 24.0 Å². The number of ether oxygens (including phenoxy) is 1. The molecule has 0 radical (unpaired) electrons. The lowest BCUT2D eigenvalue weighted by atomic mass is 9.97. The predicted molar refractivity (Wildman–Crippen MR) is 67.4 cm³/mol. The molecule has 0 N–H and O–H groups in total. The van der Waals surface area contributed by atoms with Gasteiger partial charge in [0.25, 0.3) is 11.6 Å². The van der Waals surface area contributed by atoms with Gasteiger partial charge in [0.05, 0.1) is 0 Å². The first-order valence-corrected chi connectivity index (χ1v) is 5.81. The Kier molecular flexibility index (Phi) is 5.36. The Labute approximate surface area is 118 Å². The Hall–Kier alpha value is -1.78. The highest BCUT2D eigenvalue weighted by Gasteiger charge is 2.22. The van der Waals surface area contributed by atoms with E-state index >= 15 is 0 Å². The van der Waals surface area contributed by atoms with Gasteiger partial charge in [-0.15, -0.1) is 0 Å². The molecule has 0 heterocycles. The fourth-order valence-electron chi connectivity index (χ4n) is 1.76. The van der Waals surface area contributed by atoms with Gasteiger partial charge in [-0.3, -0.25) is 4.79 Å². The molecular formula is C13H10ClF3O3. The molecule has 0 aliphatic heterocycles. The Balaban J connectivity index is 3.22. The molecule has 0 aliphatic carbocycles. The average molecular weight is 307 g/mol. The molecule has 0 bridgehead atoms. The number of rotatable bonds is 5. The molecular weight excluding hydrogens is 297 g/mol. The van der Waals surface area contributed by atoms with Gasteiger partial charge in [0.2, 0.25) is 0 Å². The van der Waals surface area contributed by atoms with Gasteiger partial charge in [-0.05, 0) is 48.7 Å². The van der Waals surface area contributed by atoms with Crippen molar-refractivity contribution >= 4 is 28.4 Å². The topological polar surface area (TPSA) is 43.4 Å². The van der Waals surface area contributed by atoms with Crippen molar-refractivity contribution in [3.05, 3.63) is 28.8 Å². The molecule has 108 valence electrons. The summed E-state index contributed by atoms with van der Waals surface area (Å²) in [5.41, 5.74) is 0.557. The summed E-state index contributed by atoms with van der Waals surface area (Å²) in [4.78, 5) is 21.9. The van der Waals surface area contributed by atoms with E-state index in [1.807, 2.05) is 0 Å². The number of alkyl halides is 3. The van der Waals surface area contributed by atoms with Gasteiger partial charge >= 0.3 is 6.43 Å². The third kappa shape index (κ3) is 3.62. The molecule has 7 heteroatoms. The minimum Gasteiger partial charge on any atom is -0.454 e. The van der Waals surface area contributed by atoms with Crippen LogP contribution in [0.25, 0.3) is 5.57 Å². The number of carbonyl (C=O) groups is 1. The van der Waals surface area contributed by atoms with Crippen molar-refractivity contribution < 1.29 is 27.5 Å². The van der Waals surface area contributed by atoms with E-state index in [2.05, 4.69) is 4.74 Å². The Morgan fingerprint density at radius 1 is 1.25 bits per heavy atom. The van der Waals surface area contributed by atoms with Crippen LogP contribution in [0, 0.1) is 13.8 Å². The second-order valence-electron chi connectivity index (χ2n) is 3.99. The molecule has 0 saturated heterocycles. The van der Waals surface area contributed by atoms with Crippen LogP contribution in [0.3, 0.4) is 0 Å². The Morgan fingerprint density at radius 3 is 2.10 bits per heavy atom. The molecule has 0 aliphatic rings. The molecule has 0 aromatic heterocycles. The third-order valence-electron chi connectivity index (χ3n) is 2.50. The molecule has 0 saturated carbocycles. The van der Waals surface area contributed by atoms with Crippen LogP contribution < -0.4 is 4.74 Å². The van der Waals surface area contributed by atoms with Crippen molar-refractivity contribution in [1.82, 2.24) is 0 Å². The van der Waals surface area contributed by atoms with Crippen LogP contribution in [0.5, 0.6) is 5.75 Å². The van der Waals surface area contributed by atoms with E-state index in [-0.39, 0.29) is 16.9 Å². The number of allylic oxidation sites excluding steroid dienone is 1. The summed E-state index contributed by atoms with van der Waals surface area (Å²) in [7, 11) is 0. The summed E-state index contributed by atoms with van der Waals surface area (Å²) in [6.45, 7) is 3.00. The fraction of sp³-hybridized carbons (Fsp3) is 0.308. The quantitative estimate of drug-likeness (QED) is 0.476. The van der Waals surface area contributed by atoms with E-state index in [4.69, 9.17) is 11.6 Å². The Morgan fingerprint density at radius 2 is 1.75 bits per heavy atom. The summed E-state index contributed by atoms with van der Waals surface area (Å²) in [6.07, 6.45) is -6.03. The highest BCUT2D eigenvalue weighted by molar-refractivity contribution is 6.75. The summed E-state index contributed by atoms with van der Waals surface area (Å²) in [5, 5.41) is -0.990. The number of benzene rings is 1. The largest absolute Gasteiger partial charge is 0.454 e. The lowest BCUT2D eigenvalue weighted by Crippen LogP contribution is -2.19. The van der Waals surface area contributed by atoms with Crippen molar-refractivity contribution in [2.75, 3.05) is 0 Å². The number of hydrogen-bond donors (Lipinski definition) is 0.